The zero-order chi connectivity index (χ0) is 17.9. The molecule has 0 saturated heterocycles. The smallest absolute Gasteiger partial charge is 0.309 e. The predicted octanol–water partition coefficient (Wildman–Crippen LogP) is 1.51. The van der Waals surface area contributed by atoms with Crippen LogP contribution in [0.5, 0.6) is 0 Å². The fourth-order valence-corrected chi connectivity index (χ4v) is 3.21. The molecule has 2 aromatic carbocycles. The molecule has 2 aromatic rings. The molecular formula is C20H22N2O3. The van der Waals surface area contributed by atoms with Crippen LogP contribution < -0.4 is 10.6 Å². The monoisotopic (exact) mass is 338 g/mol. The molecular weight excluding hydrogens is 316 g/mol. The Morgan fingerprint density at radius 3 is 2.16 bits per heavy atom. The number of rotatable bonds is 4. The molecule has 0 heterocycles. The molecule has 1 aliphatic carbocycles. The van der Waals surface area contributed by atoms with Gasteiger partial charge in [0.1, 0.15) is 0 Å². The van der Waals surface area contributed by atoms with E-state index in [0.29, 0.717) is 12.8 Å². The van der Waals surface area contributed by atoms with Crippen LogP contribution in [0.15, 0.2) is 54.6 Å². The van der Waals surface area contributed by atoms with Crippen LogP contribution in [-0.2, 0) is 22.4 Å². The summed E-state index contributed by atoms with van der Waals surface area (Å²) in [6, 6.07) is 17.0. The zero-order valence-electron chi connectivity index (χ0n) is 14.2. The summed E-state index contributed by atoms with van der Waals surface area (Å²) in [5.74, 6) is -1.43. The molecule has 0 spiro atoms. The highest BCUT2D eigenvalue weighted by Gasteiger charge is 2.35. The summed E-state index contributed by atoms with van der Waals surface area (Å²) in [5, 5.41) is 15.9. The highest BCUT2D eigenvalue weighted by molar-refractivity contribution is 6.35. The van der Waals surface area contributed by atoms with E-state index in [0.717, 1.165) is 16.7 Å². The van der Waals surface area contributed by atoms with E-state index in [4.69, 9.17) is 0 Å². The number of amides is 2. The molecule has 0 bridgehead atoms. The van der Waals surface area contributed by atoms with E-state index in [-0.39, 0.29) is 12.6 Å². The number of fused-ring (bicyclic) bond motifs is 1. The van der Waals surface area contributed by atoms with Gasteiger partial charge in [0.15, 0.2) is 0 Å². The maximum atomic E-state index is 12.0. The summed E-state index contributed by atoms with van der Waals surface area (Å²) in [6.45, 7) is 1.87. The van der Waals surface area contributed by atoms with Crippen molar-refractivity contribution in [1.82, 2.24) is 10.6 Å². The maximum Gasteiger partial charge on any atom is 0.309 e. The zero-order valence-corrected chi connectivity index (χ0v) is 14.2. The van der Waals surface area contributed by atoms with Gasteiger partial charge < -0.3 is 15.7 Å². The van der Waals surface area contributed by atoms with Crippen LogP contribution in [0.2, 0.25) is 0 Å². The molecule has 0 fully saturated rings. The van der Waals surface area contributed by atoms with Crippen LogP contribution in [0.25, 0.3) is 0 Å². The van der Waals surface area contributed by atoms with Crippen molar-refractivity contribution in [3.05, 3.63) is 71.3 Å². The van der Waals surface area contributed by atoms with Crippen molar-refractivity contribution in [2.75, 3.05) is 6.54 Å². The molecule has 25 heavy (non-hydrogen) atoms. The first-order chi connectivity index (χ1) is 12.0. The number of nitrogens with one attached hydrogen (secondary N) is 2. The molecule has 0 saturated carbocycles. The maximum absolute atomic E-state index is 12.0. The number of hydrogen-bond donors (Lipinski definition) is 3. The summed E-state index contributed by atoms with van der Waals surface area (Å²) < 4.78 is 0. The molecule has 3 N–H and O–H groups in total. The second-order valence-electron chi connectivity index (χ2n) is 6.64. The highest BCUT2D eigenvalue weighted by Crippen LogP contribution is 2.29. The summed E-state index contributed by atoms with van der Waals surface area (Å²) in [4.78, 5) is 24.1. The van der Waals surface area contributed by atoms with Gasteiger partial charge in [-0.05, 0) is 23.6 Å². The third-order valence-electron chi connectivity index (χ3n) is 4.59. The quantitative estimate of drug-likeness (QED) is 0.740. The molecule has 0 aromatic heterocycles. The summed E-state index contributed by atoms with van der Waals surface area (Å²) in [5.41, 5.74) is 2.06. The highest BCUT2D eigenvalue weighted by atomic mass is 16.3. The number of carbonyl (C=O) groups is 2. The van der Waals surface area contributed by atoms with Crippen molar-refractivity contribution in [3.63, 3.8) is 0 Å². The van der Waals surface area contributed by atoms with E-state index >= 15 is 0 Å². The van der Waals surface area contributed by atoms with E-state index in [9.17, 15) is 14.7 Å². The lowest BCUT2D eigenvalue weighted by atomic mass is 10.0. The third kappa shape index (κ3) is 4.06. The van der Waals surface area contributed by atoms with Gasteiger partial charge in [0.05, 0.1) is 11.6 Å². The van der Waals surface area contributed by atoms with E-state index in [1.165, 1.54) is 0 Å². The van der Waals surface area contributed by atoms with Gasteiger partial charge in [-0.25, -0.2) is 0 Å². The van der Waals surface area contributed by atoms with Crippen molar-refractivity contribution >= 4 is 11.8 Å². The fraction of sp³-hybridized carbons (Fsp3) is 0.300. The van der Waals surface area contributed by atoms with Crippen LogP contribution in [-0.4, -0.2) is 29.1 Å². The molecule has 3 rings (SSSR count). The van der Waals surface area contributed by atoms with E-state index in [1.54, 1.807) is 0 Å². The average molecular weight is 338 g/mol. The van der Waals surface area contributed by atoms with Crippen molar-refractivity contribution in [3.8, 4) is 0 Å². The number of hydrogen-bond acceptors (Lipinski definition) is 3. The van der Waals surface area contributed by atoms with Crippen LogP contribution in [0.4, 0.5) is 0 Å². The van der Waals surface area contributed by atoms with Gasteiger partial charge in [-0.1, -0.05) is 54.6 Å². The number of benzene rings is 2. The summed E-state index contributed by atoms with van der Waals surface area (Å²) in [6.07, 6.45) is 0.955. The second-order valence-corrected chi connectivity index (χ2v) is 6.64. The van der Waals surface area contributed by atoms with E-state index < -0.39 is 17.4 Å². The first kappa shape index (κ1) is 17.2. The van der Waals surface area contributed by atoms with Gasteiger partial charge in [-0.3, -0.25) is 9.59 Å². The minimum absolute atomic E-state index is 0.0493. The van der Waals surface area contributed by atoms with Crippen molar-refractivity contribution < 1.29 is 14.7 Å². The van der Waals surface area contributed by atoms with E-state index in [2.05, 4.69) is 10.6 Å². The first-order valence-corrected chi connectivity index (χ1v) is 8.40. The predicted molar refractivity (Wildman–Crippen MR) is 94.8 cm³/mol. The minimum Gasteiger partial charge on any atom is -0.387 e. The minimum atomic E-state index is -1.04. The second kappa shape index (κ2) is 7.07. The molecule has 130 valence electrons. The Balaban J connectivity index is 1.52. The Hall–Kier alpha value is -2.66. The van der Waals surface area contributed by atoms with Crippen LogP contribution >= 0.6 is 0 Å². The lowest BCUT2D eigenvalue weighted by Crippen LogP contribution is -2.48. The van der Waals surface area contributed by atoms with Gasteiger partial charge in [0.2, 0.25) is 0 Å². The topological polar surface area (TPSA) is 78.4 Å². The lowest BCUT2D eigenvalue weighted by molar-refractivity contribution is -0.140. The SMILES string of the molecule is CC(NC(=O)C(=O)NCC1(O)Cc2ccccc2C1)c1ccccc1. The lowest BCUT2D eigenvalue weighted by Gasteiger charge is -2.22. The van der Waals surface area contributed by atoms with Crippen LogP contribution in [0.3, 0.4) is 0 Å². The molecule has 5 nitrogen and oxygen atoms in total. The Morgan fingerprint density at radius 1 is 1.00 bits per heavy atom. The van der Waals surface area contributed by atoms with Gasteiger partial charge >= 0.3 is 11.8 Å². The van der Waals surface area contributed by atoms with Crippen LogP contribution in [0, 0.1) is 0 Å². The molecule has 0 radical (unpaired) electrons. The van der Waals surface area contributed by atoms with Crippen molar-refractivity contribution in [1.29, 1.82) is 0 Å². The molecule has 1 unspecified atom stereocenters. The third-order valence-corrected chi connectivity index (χ3v) is 4.59. The van der Waals surface area contributed by atoms with Gasteiger partial charge in [0, 0.05) is 19.4 Å². The average Bonchev–Trinajstić information content (AvgIpc) is 2.96. The molecule has 0 aliphatic heterocycles. The summed E-state index contributed by atoms with van der Waals surface area (Å²) >= 11 is 0. The normalized spacial score (nSPS) is 15.9. The molecule has 1 aliphatic rings. The Bertz CT molecular complexity index is 749. The Morgan fingerprint density at radius 2 is 1.56 bits per heavy atom. The standard InChI is InChI=1S/C20H22N2O3/c1-14(15-7-3-2-4-8-15)22-19(24)18(23)21-13-20(25)11-16-9-5-6-10-17(16)12-20/h2-10,14,25H,11-13H2,1H3,(H,21,23)(H,22,24). The molecule has 5 heteroatoms. The van der Waals surface area contributed by atoms with E-state index in [1.807, 2.05) is 61.5 Å². The number of carbonyl (C=O) groups excluding carboxylic acids is 2. The van der Waals surface area contributed by atoms with Crippen LogP contribution in [0.1, 0.15) is 29.7 Å². The van der Waals surface area contributed by atoms with Crippen molar-refractivity contribution in [2.24, 2.45) is 0 Å². The van der Waals surface area contributed by atoms with Gasteiger partial charge in [-0.2, -0.15) is 0 Å². The Kier molecular flexibility index (Phi) is 4.86. The molecule has 2 amide bonds. The summed E-state index contributed by atoms with van der Waals surface area (Å²) in [7, 11) is 0. The largest absolute Gasteiger partial charge is 0.387 e. The fourth-order valence-electron chi connectivity index (χ4n) is 3.21. The first-order valence-electron chi connectivity index (χ1n) is 8.40. The van der Waals surface area contributed by atoms with Crippen molar-refractivity contribution in [2.45, 2.75) is 31.4 Å². The van der Waals surface area contributed by atoms with Gasteiger partial charge in [0.25, 0.3) is 0 Å². The molecule has 1 atom stereocenters. The Labute approximate surface area is 147 Å². The number of aliphatic hydroxyl groups is 1. The van der Waals surface area contributed by atoms with Gasteiger partial charge in [-0.15, -0.1) is 0 Å².